The summed E-state index contributed by atoms with van der Waals surface area (Å²) in [4.78, 5) is 23.2. The number of aryl methyl sites for hydroxylation is 1. The molecule has 0 saturated heterocycles. The highest BCUT2D eigenvalue weighted by atomic mass is 19.3. The number of rotatable bonds is 5. The van der Waals surface area contributed by atoms with E-state index in [9.17, 15) is 18.4 Å². The predicted molar refractivity (Wildman–Crippen MR) is 71.2 cm³/mol. The lowest BCUT2D eigenvalue weighted by atomic mass is 10.2. The van der Waals surface area contributed by atoms with E-state index < -0.39 is 18.5 Å². The number of ether oxygens (including phenoxy) is 1. The van der Waals surface area contributed by atoms with Crippen molar-refractivity contribution in [3.05, 3.63) is 41.7 Å². The lowest BCUT2D eigenvalue weighted by Gasteiger charge is -2.11. The molecule has 1 aromatic carbocycles. The van der Waals surface area contributed by atoms with Gasteiger partial charge in [0.25, 0.3) is 5.91 Å². The van der Waals surface area contributed by atoms with Crippen molar-refractivity contribution < 1.29 is 28.2 Å². The van der Waals surface area contributed by atoms with Crippen LogP contribution < -0.4 is 10.1 Å². The number of carboxylic acids is 1. The summed E-state index contributed by atoms with van der Waals surface area (Å²) in [5.74, 6) is -2.36. The molecule has 22 heavy (non-hydrogen) atoms. The smallest absolute Gasteiger partial charge is 0.387 e. The van der Waals surface area contributed by atoms with Crippen molar-refractivity contribution in [3.8, 4) is 5.75 Å². The average molecular weight is 311 g/mol. The van der Waals surface area contributed by atoms with Gasteiger partial charge in [-0.2, -0.15) is 13.9 Å². The molecule has 0 unspecified atom stereocenters. The Morgan fingerprint density at radius 2 is 2.05 bits per heavy atom. The number of anilines is 1. The summed E-state index contributed by atoms with van der Waals surface area (Å²) in [5.41, 5.74) is -0.514. The average Bonchev–Trinajstić information content (AvgIpc) is 2.82. The summed E-state index contributed by atoms with van der Waals surface area (Å²) in [5, 5.41) is 15.1. The molecule has 0 atom stereocenters. The third kappa shape index (κ3) is 3.19. The fraction of sp³-hybridized carbons (Fsp3) is 0.154. The van der Waals surface area contributed by atoms with Gasteiger partial charge in [0, 0.05) is 7.05 Å². The number of aromatic nitrogens is 2. The number of hydrogen-bond donors (Lipinski definition) is 2. The number of carbonyl (C=O) groups excluding carboxylic acids is 1. The van der Waals surface area contributed by atoms with Crippen LogP contribution in [-0.2, 0) is 7.05 Å². The molecule has 1 amide bonds. The van der Waals surface area contributed by atoms with Gasteiger partial charge in [-0.1, -0.05) is 12.1 Å². The monoisotopic (exact) mass is 311 g/mol. The van der Waals surface area contributed by atoms with Gasteiger partial charge in [-0.05, 0) is 12.1 Å². The molecule has 0 bridgehead atoms. The molecular formula is C13H11F2N3O4. The largest absolute Gasteiger partial charge is 0.477 e. The van der Waals surface area contributed by atoms with Crippen molar-refractivity contribution in [3.63, 3.8) is 0 Å². The summed E-state index contributed by atoms with van der Waals surface area (Å²) in [6.07, 6.45) is 1.08. The molecule has 2 rings (SSSR count). The number of carboxylic acid groups (broad SMARTS) is 1. The van der Waals surface area contributed by atoms with Crippen LogP contribution in [0.5, 0.6) is 5.75 Å². The number of carbonyl (C=O) groups is 2. The molecule has 0 spiro atoms. The lowest BCUT2D eigenvalue weighted by Crippen LogP contribution is -2.18. The minimum Gasteiger partial charge on any atom is -0.477 e. The second-order valence-electron chi connectivity index (χ2n) is 4.16. The van der Waals surface area contributed by atoms with Gasteiger partial charge in [0.15, 0.2) is 5.69 Å². The van der Waals surface area contributed by atoms with Crippen molar-refractivity contribution in [1.29, 1.82) is 0 Å². The molecule has 9 heteroatoms. The molecule has 0 saturated carbocycles. The van der Waals surface area contributed by atoms with Crippen molar-refractivity contribution in [2.24, 2.45) is 7.05 Å². The fourth-order valence-electron chi connectivity index (χ4n) is 1.82. The second-order valence-corrected chi connectivity index (χ2v) is 4.16. The van der Waals surface area contributed by atoms with Crippen molar-refractivity contribution in [1.82, 2.24) is 9.78 Å². The Kier molecular flexibility index (Phi) is 4.35. The van der Waals surface area contributed by atoms with E-state index in [1.807, 2.05) is 0 Å². The van der Waals surface area contributed by atoms with E-state index in [1.165, 1.54) is 31.3 Å². The minimum atomic E-state index is -3.05. The molecule has 0 aliphatic carbocycles. The highest BCUT2D eigenvalue weighted by Gasteiger charge is 2.22. The van der Waals surface area contributed by atoms with Crippen LogP contribution in [0.4, 0.5) is 14.5 Å². The predicted octanol–water partition coefficient (Wildman–Crippen LogP) is 1.97. The van der Waals surface area contributed by atoms with Gasteiger partial charge < -0.3 is 15.2 Å². The molecule has 0 aliphatic heterocycles. The Hall–Kier alpha value is -2.97. The highest BCUT2D eigenvalue weighted by Crippen LogP contribution is 2.26. The maximum Gasteiger partial charge on any atom is 0.387 e. The van der Waals surface area contributed by atoms with E-state index >= 15 is 0 Å². The van der Waals surface area contributed by atoms with E-state index in [1.54, 1.807) is 0 Å². The molecule has 7 nitrogen and oxygen atoms in total. The Morgan fingerprint density at radius 1 is 1.36 bits per heavy atom. The van der Waals surface area contributed by atoms with Crippen LogP contribution in [0.25, 0.3) is 0 Å². The van der Waals surface area contributed by atoms with E-state index in [4.69, 9.17) is 5.11 Å². The van der Waals surface area contributed by atoms with Gasteiger partial charge in [0.05, 0.1) is 17.4 Å². The summed E-state index contributed by atoms with van der Waals surface area (Å²) in [6.45, 7) is -3.05. The Balaban J connectivity index is 2.29. The van der Waals surface area contributed by atoms with Crippen molar-refractivity contribution in [2.75, 3.05) is 5.32 Å². The van der Waals surface area contributed by atoms with E-state index in [0.29, 0.717) is 0 Å². The first-order valence-corrected chi connectivity index (χ1v) is 6.00. The van der Waals surface area contributed by atoms with Crippen LogP contribution in [0.2, 0.25) is 0 Å². The first-order chi connectivity index (χ1) is 10.4. The summed E-state index contributed by atoms with van der Waals surface area (Å²) >= 11 is 0. The number of hydrogen-bond acceptors (Lipinski definition) is 4. The van der Waals surface area contributed by atoms with Crippen LogP contribution in [0.15, 0.2) is 30.5 Å². The number of nitrogens with one attached hydrogen (secondary N) is 1. The number of halogens is 2. The van der Waals surface area contributed by atoms with Gasteiger partial charge >= 0.3 is 12.6 Å². The third-order valence-electron chi connectivity index (χ3n) is 2.74. The van der Waals surface area contributed by atoms with Crippen molar-refractivity contribution in [2.45, 2.75) is 6.61 Å². The number of amides is 1. The van der Waals surface area contributed by atoms with Gasteiger partial charge in [-0.3, -0.25) is 9.48 Å². The molecule has 2 N–H and O–H groups in total. The maximum atomic E-state index is 12.3. The molecule has 0 fully saturated rings. The topological polar surface area (TPSA) is 93.5 Å². The number of aromatic carboxylic acids is 1. The van der Waals surface area contributed by atoms with Crippen LogP contribution >= 0.6 is 0 Å². The van der Waals surface area contributed by atoms with Crippen LogP contribution in [0, 0.1) is 0 Å². The molecule has 1 heterocycles. The fourth-order valence-corrected chi connectivity index (χ4v) is 1.82. The summed E-state index contributed by atoms with van der Waals surface area (Å²) in [7, 11) is 1.37. The normalized spacial score (nSPS) is 10.5. The molecule has 116 valence electrons. The number of alkyl halides is 2. The minimum absolute atomic E-state index is 0.00649. The third-order valence-corrected chi connectivity index (χ3v) is 2.74. The van der Waals surface area contributed by atoms with Gasteiger partial charge in [-0.25, -0.2) is 4.79 Å². The zero-order valence-electron chi connectivity index (χ0n) is 11.3. The molecular weight excluding hydrogens is 300 g/mol. The maximum absolute atomic E-state index is 12.3. The molecule has 0 radical (unpaired) electrons. The highest BCUT2D eigenvalue weighted by molar-refractivity contribution is 6.10. The van der Waals surface area contributed by atoms with Gasteiger partial charge in [-0.15, -0.1) is 0 Å². The first kappa shape index (κ1) is 15.4. The SMILES string of the molecule is Cn1ncc(C(=O)Nc2ccccc2OC(F)F)c1C(=O)O. The van der Waals surface area contributed by atoms with Crippen LogP contribution in [0.3, 0.4) is 0 Å². The zero-order chi connectivity index (χ0) is 16.3. The molecule has 0 aliphatic rings. The second kappa shape index (κ2) is 6.20. The van der Waals surface area contributed by atoms with E-state index in [0.717, 1.165) is 10.9 Å². The Labute approximate surface area is 123 Å². The van der Waals surface area contributed by atoms with Gasteiger partial charge in [0.1, 0.15) is 5.75 Å². The first-order valence-electron chi connectivity index (χ1n) is 6.00. The Bertz CT molecular complexity index is 715. The Morgan fingerprint density at radius 3 is 2.68 bits per heavy atom. The number of para-hydroxylation sites is 2. The summed E-state index contributed by atoms with van der Waals surface area (Å²) < 4.78 is 29.9. The molecule has 1 aromatic heterocycles. The molecule has 2 aromatic rings. The van der Waals surface area contributed by atoms with E-state index in [-0.39, 0.29) is 22.7 Å². The number of nitrogens with zero attached hydrogens (tertiary/aromatic N) is 2. The number of benzene rings is 1. The van der Waals surface area contributed by atoms with E-state index in [2.05, 4.69) is 15.2 Å². The quantitative estimate of drug-likeness (QED) is 0.880. The lowest BCUT2D eigenvalue weighted by molar-refractivity contribution is -0.0493. The zero-order valence-corrected chi connectivity index (χ0v) is 11.3. The van der Waals surface area contributed by atoms with Crippen LogP contribution in [0.1, 0.15) is 20.8 Å². The standard InChI is InChI=1S/C13H11F2N3O4/c1-18-10(12(20)21)7(6-16-18)11(19)17-8-4-2-3-5-9(8)22-13(14)15/h2-6,13H,1H3,(H,17,19)(H,20,21). The van der Waals surface area contributed by atoms with Gasteiger partial charge in [0.2, 0.25) is 0 Å². The van der Waals surface area contributed by atoms with Crippen LogP contribution in [-0.4, -0.2) is 33.4 Å². The summed E-state index contributed by atoms with van der Waals surface area (Å²) in [6, 6.07) is 5.57. The van der Waals surface area contributed by atoms with Crippen molar-refractivity contribution >= 4 is 17.6 Å².